The van der Waals surface area contributed by atoms with Crippen LogP contribution in [-0.2, 0) is 0 Å². The van der Waals surface area contributed by atoms with Crippen molar-refractivity contribution in [1.29, 1.82) is 0 Å². The first kappa shape index (κ1) is 9.74. The van der Waals surface area contributed by atoms with Gasteiger partial charge in [-0.25, -0.2) is 0 Å². The zero-order valence-corrected chi connectivity index (χ0v) is 9.22. The summed E-state index contributed by atoms with van der Waals surface area (Å²) in [5.74, 6) is -0.114. The number of Topliss-reactive ketones (excluding diaryl/α,β-unsaturated/α-hetero) is 1. The Morgan fingerprint density at radius 1 is 1.50 bits per heavy atom. The summed E-state index contributed by atoms with van der Waals surface area (Å²) in [4.78, 5) is 11.2. The molecule has 0 radical (unpaired) electrons. The van der Waals surface area contributed by atoms with E-state index in [4.69, 9.17) is 0 Å². The van der Waals surface area contributed by atoms with Crippen LogP contribution in [0.3, 0.4) is 0 Å². The molecule has 0 bridgehead atoms. The van der Waals surface area contributed by atoms with E-state index in [0.717, 1.165) is 4.47 Å². The quantitative estimate of drug-likeness (QED) is 0.672. The fourth-order valence-electron chi connectivity index (χ4n) is 0.804. The minimum atomic E-state index is -0.131. The molecular formula is C8H6Br2O2. The van der Waals surface area contributed by atoms with Crippen LogP contribution in [0.5, 0.6) is 5.75 Å². The van der Waals surface area contributed by atoms with Crippen molar-refractivity contribution in [3.63, 3.8) is 0 Å². The number of halogens is 2. The number of phenolic OH excluding ortho intramolecular Hbond substituents is 1. The highest BCUT2D eigenvalue weighted by atomic mass is 79.9. The molecule has 1 N–H and O–H groups in total. The van der Waals surface area contributed by atoms with E-state index in [0.29, 0.717) is 5.56 Å². The van der Waals surface area contributed by atoms with E-state index in [1.807, 2.05) is 0 Å². The van der Waals surface area contributed by atoms with Crippen molar-refractivity contribution in [3.05, 3.63) is 28.2 Å². The number of carbonyl (C=O) groups excluding carboxylic acids is 1. The van der Waals surface area contributed by atoms with Gasteiger partial charge in [0.15, 0.2) is 5.78 Å². The minimum Gasteiger partial charge on any atom is -0.507 e. The molecule has 0 atom stereocenters. The number of alkyl halides is 1. The first-order valence-corrected chi connectivity index (χ1v) is 5.14. The van der Waals surface area contributed by atoms with Gasteiger partial charge in [-0.2, -0.15) is 0 Å². The molecule has 0 saturated carbocycles. The third kappa shape index (κ3) is 2.08. The van der Waals surface area contributed by atoms with E-state index in [1.165, 1.54) is 6.07 Å². The number of ketones is 1. The van der Waals surface area contributed by atoms with Gasteiger partial charge in [-0.1, -0.05) is 31.9 Å². The lowest BCUT2D eigenvalue weighted by Gasteiger charge is -2.00. The molecule has 0 fully saturated rings. The van der Waals surface area contributed by atoms with Gasteiger partial charge in [0.1, 0.15) is 5.75 Å². The smallest absolute Gasteiger partial charge is 0.177 e. The SMILES string of the molecule is O=C(CBr)c1cc(Br)ccc1O. The monoisotopic (exact) mass is 292 g/mol. The van der Waals surface area contributed by atoms with Crippen molar-refractivity contribution in [1.82, 2.24) is 0 Å². The standard InChI is InChI=1S/C8H6Br2O2/c9-4-8(12)6-3-5(10)1-2-7(6)11/h1-3,11H,4H2. The van der Waals surface area contributed by atoms with Crippen LogP contribution < -0.4 is 0 Å². The average Bonchev–Trinajstić information content (AvgIpc) is 2.08. The molecule has 0 unspecified atom stereocenters. The van der Waals surface area contributed by atoms with Crippen LogP contribution in [0.15, 0.2) is 22.7 Å². The second-order valence-corrected chi connectivity index (χ2v) is 3.69. The number of aromatic hydroxyl groups is 1. The minimum absolute atomic E-state index is 0.0163. The van der Waals surface area contributed by atoms with Gasteiger partial charge < -0.3 is 5.11 Å². The Morgan fingerprint density at radius 2 is 2.17 bits per heavy atom. The molecule has 4 heteroatoms. The van der Waals surface area contributed by atoms with E-state index in [-0.39, 0.29) is 16.9 Å². The first-order valence-electron chi connectivity index (χ1n) is 3.23. The number of hydrogen-bond acceptors (Lipinski definition) is 2. The molecule has 1 aromatic rings. The number of phenols is 1. The van der Waals surface area contributed by atoms with E-state index in [2.05, 4.69) is 31.9 Å². The molecule has 0 spiro atoms. The summed E-state index contributed by atoms with van der Waals surface area (Å²) in [6, 6.07) is 4.76. The van der Waals surface area contributed by atoms with Crippen LogP contribution in [-0.4, -0.2) is 16.2 Å². The molecule has 0 aliphatic rings. The van der Waals surface area contributed by atoms with Crippen molar-refractivity contribution in [2.45, 2.75) is 0 Å². The molecule has 1 aromatic carbocycles. The van der Waals surface area contributed by atoms with E-state index >= 15 is 0 Å². The van der Waals surface area contributed by atoms with E-state index in [9.17, 15) is 9.90 Å². The number of benzene rings is 1. The van der Waals surface area contributed by atoms with Crippen LogP contribution in [0.1, 0.15) is 10.4 Å². The molecule has 0 aromatic heterocycles. The summed E-state index contributed by atoms with van der Waals surface area (Å²) in [6.45, 7) is 0. The molecule has 2 nitrogen and oxygen atoms in total. The molecule has 0 aliphatic heterocycles. The molecule has 0 aliphatic carbocycles. The summed E-state index contributed by atoms with van der Waals surface area (Å²) in [5.41, 5.74) is 0.334. The average molecular weight is 294 g/mol. The lowest BCUT2D eigenvalue weighted by Crippen LogP contribution is -1.99. The number of carbonyl (C=O) groups is 1. The molecule has 0 heterocycles. The zero-order chi connectivity index (χ0) is 9.14. The Bertz CT molecular complexity index is 310. The summed E-state index contributed by atoms with van der Waals surface area (Å²) in [7, 11) is 0. The summed E-state index contributed by atoms with van der Waals surface area (Å²) >= 11 is 6.25. The van der Waals surface area contributed by atoms with Crippen molar-refractivity contribution in [3.8, 4) is 5.75 Å². The van der Waals surface area contributed by atoms with Crippen LogP contribution >= 0.6 is 31.9 Å². The topological polar surface area (TPSA) is 37.3 Å². The lowest BCUT2D eigenvalue weighted by atomic mass is 10.1. The highest BCUT2D eigenvalue weighted by molar-refractivity contribution is 9.10. The van der Waals surface area contributed by atoms with Gasteiger partial charge in [-0.3, -0.25) is 4.79 Å². The Kier molecular flexibility index (Phi) is 3.29. The predicted octanol–water partition coefficient (Wildman–Crippen LogP) is 2.73. The highest BCUT2D eigenvalue weighted by Crippen LogP contribution is 2.22. The fraction of sp³-hybridized carbons (Fsp3) is 0.125. The molecular weight excluding hydrogens is 288 g/mol. The number of hydrogen-bond donors (Lipinski definition) is 1. The Balaban J connectivity index is 3.13. The normalized spacial score (nSPS) is 9.83. The van der Waals surface area contributed by atoms with Crippen LogP contribution in [0.2, 0.25) is 0 Å². The van der Waals surface area contributed by atoms with Gasteiger partial charge in [-0.05, 0) is 18.2 Å². The van der Waals surface area contributed by atoms with Gasteiger partial charge in [-0.15, -0.1) is 0 Å². The largest absolute Gasteiger partial charge is 0.507 e. The van der Waals surface area contributed by atoms with Crippen LogP contribution in [0, 0.1) is 0 Å². The van der Waals surface area contributed by atoms with Gasteiger partial charge in [0.2, 0.25) is 0 Å². The van der Waals surface area contributed by atoms with Gasteiger partial charge in [0.05, 0.1) is 10.9 Å². The fourth-order valence-corrected chi connectivity index (χ4v) is 1.47. The summed E-state index contributed by atoms with van der Waals surface area (Å²) in [6.07, 6.45) is 0. The third-order valence-corrected chi connectivity index (χ3v) is 2.38. The molecule has 12 heavy (non-hydrogen) atoms. The Morgan fingerprint density at radius 3 is 2.75 bits per heavy atom. The Labute approximate surface area is 86.9 Å². The highest BCUT2D eigenvalue weighted by Gasteiger charge is 2.09. The van der Waals surface area contributed by atoms with Gasteiger partial charge in [0, 0.05) is 4.47 Å². The van der Waals surface area contributed by atoms with Crippen molar-refractivity contribution < 1.29 is 9.90 Å². The third-order valence-electron chi connectivity index (χ3n) is 1.38. The Hall–Kier alpha value is -0.350. The second kappa shape index (κ2) is 4.05. The van der Waals surface area contributed by atoms with Gasteiger partial charge in [0.25, 0.3) is 0 Å². The van der Waals surface area contributed by atoms with Crippen molar-refractivity contribution in [2.24, 2.45) is 0 Å². The van der Waals surface area contributed by atoms with Crippen LogP contribution in [0.25, 0.3) is 0 Å². The van der Waals surface area contributed by atoms with Crippen molar-refractivity contribution >= 4 is 37.6 Å². The van der Waals surface area contributed by atoms with Gasteiger partial charge >= 0.3 is 0 Å². The maximum Gasteiger partial charge on any atom is 0.177 e. The molecule has 0 amide bonds. The lowest BCUT2D eigenvalue weighted by molar-refractivity contribution is 0.102. The predicted molar refractivity (Wildman–Crippen MR) is 53.9 cm³/mol. The van der Waals surface area contributed by atoms with Crippen molar-refractivity contribution in [2.75, 3.05) is 5.33 Å². The number of rotatable bonds is 2. The van der Waals surface area contributed by atoms with E-state index < -0.39 is 0 Å². The summed E-state index contributed by atoms with van der Waals surface area (Å²) in [5, 5.41) is 9.49. The zero-order valence-electron chi connectivity index (χ0n) is 6.05. The van der Waals surface area contributed by atoms with E-state index in [1.54, 1.807) is 12.1 Å². The van der Waals surface area contributed by atoms with Crippen LogP contribution in [0.4, 0.5) is 0 Å². The first-order chi connectivity index (χ1) is 5.65. The maximum atomic E-state index is 11.2. The summed E-state index contributed by atoms with van der Waals surface area (Å²) < 4.78 is 0.782. The molecule has 0 saturated heterocycles. The molecule has 1 rings (SSSR count). The second-order valence-electron chi connectivity index (χ2n) is 2.22. The molecule has 64 valence electrons. The maximum absolute atomic E-state index is 11.2.